The lowest BCUT2D eigenvalue weighted by Crippen LogP contribution is -2.08. The average Bonchev–Trinajstić information content (AvgIpc) is 1.89. The van der Waals surface area contributed by atoms with Crippen LogP contribution in [0.3, 0.4) is 0 Å². The fourth-order valence-corrected chi connectivity index (χ4v) is 0.874. The molecule has 0 aromatic heterocycles. The third-order valence-corrected chi connectivity index (χ3v) is 2.27. The SMILES string of the molecule is CC[CH]CCC(C)(C)CC. The Bertz CT molecular complexity index is 72.1. The first-order valence-corrected chi connectivity index (χ1v) is 4.44. The fourth-order valence-electron chi connectivity index (χ4n) is 0.874. The topological polar surface area (TPSA) is 0 Å². The summed E-state index contributed by atoms with van der Waals surface area (Å²) in [6.07, 6.45) is 7.52. The van der Waals surface area contributed by atoms with Gasteiger partial charge in [0.05, 0.1) is 0 Å². The number of rotatable bonds is 5. The van der Waals surface area contributed by atoms with E-state index in [-0.39, 0.29) is 0 Å². The molecule has 0 amide bonds. The van der Waals surface area contributed by atoms with E-state index >= 15 is 0 Å². The van der Waals surface area contributed by atoms with Crippen LogP contribution in [0.15, 0.2) is 0 Å². The first-order chi connectivity index (χ1) is 4.62. The van der Waals surface area contributed by atoms with E-state index in [0.717, 1.165) is 0 Å². The molecule has 0 aromatic rings. The van der Waals surface area contributed by atoms with Gasteiger partial charge < -0.3 is 0 Å². The second-order valence-corrected chi connectivity index (χ2v) is 3.75. The van der Waals surface area contributed by atoms with Crippen molar-refractivity contribution < 1.29 is 0 Å². The zero-order chi connectivity index (χ0) is 8.04. The summed E-state index contributed by atoms with van der Waals surface area (Å²) in [5, 5.41) is 0. The van der Waals surface area contributed by atoms with Gasteiger partial charge in [-0.2, -0.15) is 0 Å². The molecule has 0 saturated heterocycles. The van der Waals surface area contributed by atoms with Crippen molar-refractivity contribution >= 4 is 0 Å². The molecule has 0 unspecified atom stereocenters. The van der Waals surface area contributed by atoms with Crippen LogP contribution in [0.25, 0.3) is 0 Å². The highest BCUT2D eigenvalue weighted by molar-refractivity contribution is 4.71. The minimum atomic E-state index is 0.561. The lowest BCUT2D eigenvalue weighted by Gasteiger charge is -2.21. The van der Waals surface area contributed by atoms with Crippen molar-refractivity contribution in [3.05, 3.63) is 6.42 Å². The van der Waals surface area contributed by atoms with E-state index in [2.05, 4.69) is 34.1 Å². The van der Waals surface area contributed by atoms with Gasteiger partial charge in [-0.05, 0) is 24.7 Å². The van der Waals surface area contributed by atoms with Crippen LogP contribution in [-0.4, -0.2) is 0 Å². The highest BCUT2D eigenvalue weighted by Crippen LogP contribution is 2.26. The van der Waals surface area contributed by atoms with Crippen LogP contribution in [0.1, 0.15) is 53.4 Å². The van der Waals surface area contributed by atoms with Crippen LogP contribution >= 0.6 is 0 Å². The van der Waals surface area contributed by atoms with E-state index < -0.39 is 0 Å². The molecular formula is C10H21. The molecule has 0 nitrogen and oxygen atoms in total. The Hall–Kier alpha value is 0. The van der Waals surface area contributed by atoms with E-state index in [1.165, 1.54) is 25.7 Å². The Balaban J connectivity index is 3.28. The molecule has 61 valence electrons. The highest BCUT2D eigenvalue weighted by Gasteiger charge is 2.13. The molecule has 0 aromatic carbocycles. The summed E-state index contributed by atoms with van der Waals surface area (Å²) in [6.45, 7) is 9.16. The summed E-state index contributed by atoms with van der Waals surface area (Å²) < 4.78 is 0. The third-order valence-electron chi connectivity index (χ3n) is 2.27. The smallest absolute Gasteiger partial charge is 0.0357 e. The van der Waals surface area contributed by atoms with Crippen LogP contribution in [0.5, 0.6) is 0 Å². The lowest BCUT2D eigenvalue weighted by molar-refractivity contribution is 0.320. The minimum Gasteiger partial charge on any atom is -0.0651 e. The zero-order valence-corrected chi connectivity index (χ0v) is 7.91. The van der Waals surface area contributed by atoms with Crippen molar-refractivity contribution in [2.75, 3.05) is 0 Å². The van der Waals surface area contributed by atoms with E-state index in [9.17, 15) is 0 Å². The molecule has 0 aliphatic carbocycles. The van der Waals surface area contributed by atoms with Gasteiger partial charge in [0.25, 0.3) is 0 Å². The molecule has 0 rings (SSSR count). The van der Waals surface area contributed by atoms with Gasteiger partial charge in [-0.1, -0.05) is 40.5 Å². The number of hydrogen-bond donors (Lipinski definition) is 0. The summed E-state index contributed by atoms with van der Waals surface area (Å²) in [4.78, 5) is 0. The molecular weight excluding hydrogens is 120 g/mol. The number of hydrogen-bond acceptors (Lipinski definition) is 0. The van der Waals surface area contributed by atoms with Crippen molar-refractivity contribution in [3.8, 4) is 0 Å². The molecule has 0 N–H and O–H groups in total. The van der Waals surface area contributed by atoms with Gasteiger partial charge in [-0.25, -0.2) is 0 Å². The summed E-state index contributed by atoms with van der Waals surface area (Å²) >= 11 is 0. The normalized spacial score (nSPS) is 12.0. The number of unbranched alkanes of at least 4 members (excludes halogenated alkanes) is 2. The predicted octanol–water partition coefficient (Wildman–Crippen LogP) is 3.82. The molecule has 0 aliphatic heterocycles. The lowest BCUT2D eigenvalue weighted by atomic mass is 9.84. The zero-order valence-electron chi connectivity index (χ0n) is 7.91. The van der Waals surface area contributed by atoms with Crippen LogP contribution in [-0.2, 0) is 0 Å². The summed E-state index contributed by atoms with van der Waals surface area (Å²) in [6, 6.07) is 0. The first-order valence-electron chi connectivity index (χ1n) is 4.44. The molecule has 0 bridgehead atoms. The Morgan fingerprint density at radius 1 is 1.20 bits per heavy atom. The molecule has 0 fully saturated rings. The van der Waals surface area contributed by atoms with Crippen LogP contribution < -0.4 is 0 Å². The standard InChI is InChI=1S/C10H21/c1-5-7-8-9-10(3,4)6-2/h7H,5-6,8-9H2,1-4H3. The van der Waals surface area contributed by atoms with Crippen molar-refractivity contribution in [2.24, 2.45) is 5.41 Å². The highest BCUT2D eigenvalue weighted by atomic mass is 14.2. The van der Waals surface area contributed by atoms with Gasteiger partial charge in [0, 0.05) is 0 Å². The summed E-state index contributed by atoms with van der Waals surface area (Å²) in [7, 11) is 0. The van der Waals surface area contributed by atoms with Crippen molar-refractivity contribution in [2.45, 2.75) is 53.4 Å². The van der Waals surface area contributed by atoms with Crippen molar-refractivity contribution in [1.82, 2.24) is 0 Å². The van der Waals surface area contributed by atoms with E-state index in [1.54, 1.807) is 0 Å². The molecule has 0 heterocycles. The van der Waals surface area contributed by atoms with Gasteiger partial charge in [-0.15, -0.1) is 0 Å². The summed E-state index contributed by atoms with van der Waals surface area (Å²) in [5.74, 6) is 0. The Kier molecular flexibility index (Phi) is 4.76. The Morgan fingerprint density at radius 2 is 1.80 bits per heavy atom. The Labute approximate surface area is 66.0 Å². The van der Waals surface area contributed by atoms with Gasteiger partial charge >= 0.3 is 0 Å². The predicted molar refractivity (Wildman–Crippen MR) is 47.9 cm³/mol. The van der Waals surface area contributed by atoms with Gasteiger partial charge in [0.2, 0.25) is 0 Å². The second kappa shape index (κ2) is 4.76. The Morgan fingerprint density at radius 3 is 2.20 bits per heavy atom. The quantitative estimate of drug-likeness (QED) is 0.511. The minimum absolute atomic E-state index is 0.561. The average molecular weight is 141 g/mol. The maximum absolute atomic E-state index is 2.37. The second-order valence-electron chi connectivity index (χ2n) is 3.75. The van der Waals surface area contributed by atoms with Gasteiger partial charge in [0.15, 0.2) is 0 Å². The molecule has 0 heteroatoms. The van der Waals surface area contributed by atoms with Crippen LogP contribution in [0.2, 0.25) is 0 Å². The van der Waals surface area contributed by atoms with Crippen molar-refractivity contribution in [1.29, 1.82) is 0 Å². The maximum Gasteiger partial charge on any atom is -0.0357 e. The van der Waals surface area contributed by atoms with Crippen LogP contribution in [0.4, 0.5) is 0 Å². The van der Waals surface area contributed by atoms with Gasteiger partial charge in [-0.3, -0.25) is 0 Å². The van der Waals surface area contributed by atoms with E-state index in [4.69, 9.17) is 0 Å². The molecule has 10 heavy (non-hydrogen) atoms. The first kappa shape index (κ1) is 10.0. The molecule has 0 aliphatic rings. The monoisotopic (exact) mass is 141 g/mol. The largest absolute Gasteiger partial charge is 0.0651 e. The molecule has 0 atom stereocenters. The maximum atomic E-state index is 2.37. The van der Waals surface area contributed by atoms with Crippen LogP contribution in [0, 0.1) is 11.8 Å². The van der Waals surface area contributed by atoms with Gasteiger partial charge in [0.1, 0.15) is 0 Å². The summed E-state index contributed by atoms with van der Waals surface area (Å²) in [5.41, 5.74) is 0.561. The fraction of sp³-hybridized carbons (Fsp3) is 0.900. The van der Waals surface area contributed by atoms with E-state index in [0.29, 0.717) is 5.41 Å². The molecule has 1 radical (unpaired) electrons. The molecule has 0 spiro atoms. The van der Waals surface area contributed by atoms with Crippen molar-refractivity contribution in [3.63, 3.8) is 0 Å². The molecule has 0 saturated carbocycles. The third kappa shape index (κ3) is 4.84. The van der Waals surface area contributed by atoms with E-state index in [1.807, 2.05) is 0 Å².